The molecule has 1 amide bonds. The van der Waals surface area contributed by atoms with Gasteiger partial charge >= 0.3 is 6.09 Å². The smallest absolute Gasteiger partial charge is 0.407 e. The van der Waals surface area contributed by atoms with Crippen LogP contribution in [0, 0.1) is 0 Å². The molecule has 0 unspecified atom stereocenters. The average Bonchev–Trinajstić information content (AvgIpc) is 2.39. The Morgan fingerprint density at radius 2 is 1.83 bits per heavy atom. The Bertz CT molecular complexity index is 549. The van der Waals surface area contributed by atoms with E-state index in [1.54, 1.807) is 20.8 Å². The lowest BCUT2D eigenvalue weighted by Crippen LogP contribution is -2.44. The standard InChI is InChI=1S/C15H20Br2F2N2O2/c1-14(2,3)23-13(22)21-9-15(18,19)8-20-7-10-4-5-11(16)12(17)6-10/h4-6,20H,7-9H2,1-3H3,(H,21,22). The highest BCUT2D eigenvalue weighted by Crippen LogP contribution is 2.23. The first kappa shape index (κ1) is 20.3. The van der Waals surface area contributed by atoms with Gasteiger partial charge in [-0.25, -0.2) is 13.6 Å². The number of alkyl carbamates (subject to hydrolysis) is 1. The number of carbonyl (C=O) groups is 1. The van der Waals surface area contributed by atoms with Gasteiger partial charge < -0.3 is 15.4 Å². The fourth-order valence-corrected chi connectivity index (χ4v) is 2.29. The van der Waals surface area contributed by atoms with Crippen molar-refractivity contribution in [1.82, 2.24) is 10.6 Å². The van der Waals surface area contributed by atoms with Gasteiger partial charge in [-0.05, 0) is 70.3 Å². The van der Waals surface area contributed by atoms with Crippen molar-refractivity contribution >= 4 is 38.0 Å². The van der Waals surface area contributed by atoms with Gasteiger partial charge in [0.2, 0.25) is 0 Å². The van der Waals surface area contributed by atoms with E-state index < -0.39 is 30.7 Å². The molecule has 4 nitrogen and oxygen atoms in total. The summed E-state index contributed by atoms with van der Waals surface area (Å²) in [5.74, 6) is -3.07. The number of ether oxygens (including phenoxy) is 1. The number of hydrogen-bond donors (Lipinski definition) is 2. The SMILES string of the molecule is CC(C)(C)OC(=O)NCC(F)(F)CNCc1ccc(Br)c(Br)c1. The normalized spacial score (nSPS) is 12.1. The fraction of sp³-hybridized carbons (Fsp3) is 0.533. The van der Waals surface area contributed by atoms with Crippen molar-refractivity contribution in [2.45, 2.75) is 38.8 Å². The minimum atomic E-state index is -3.07. The van der Waals surface area contributed by atoms with Crippen molar-refractivity contribution in [3.63, 3.8) is 0 Å². The molecule has 0 saturated carbocycles. The Hall–Kier alpha value is -0.730. The molecule has 0 aliphatic heterocycles. The first-order valence-electron chi connectivity index (χ1n) is 6.98. The third-order valence-electron chi connectivity index (χ3n) is 2.59. The van der Waals surface area contributed by atoms with Crippen LogP contribution in [0.4, 0.5) is 13.6 Å². The molecule has 1 aromatic carbocycles. The molecule has 0 bridgehead atoms. The van der Waals surface area contributed by atoms with Gasteiger partial charge in [0.15, 0.2) is 0 Å². The first-order valence-corrected chi connectivity index (χ1v) is 8.56. The molecule has 130 valence electrons. The second-order valence-corrected chi connectivity index (χ2v) is 7.77. The summed E-state index contributed by atoms with van der Waals surface area (Å²) >= 11 is 6.70. The number of rotatable bonds is 6. The van der Waals surface area contributed by atoms with Gasteiger partial charge in [-0.3, -0.25) is 0 Å². The van der Waals surface area contributed by atoms with Gasteiger partial charge in [0.25, 0.3) is 5.92 Å². The van der Waals surface area contributed by atoms with Crippen LogP contribution in [-0.2, 0) is 11.3 Å². The van der Waals surface area contributed by atoms with Crippen molar-refractivity contribution in [3.8, 4) is 0 Å². The number of benzene rings is 1. The molecule has 23 heavy (non-hydrogen) atoms. The highest BCUT2D eigenvalue weighted by atomic mass is 79.9. The minimum Gasteiger partial charge on any atom is -0.444 e. The maximum absolute atomic E-state index is 13.7. The van der Waals surface area contributed by atoms with E-state index in [4.69, 9.17) is 4.74 Å². The van der Waals surface area contributed by atoms with Crippen molar-refractivity contribution in [2.24, 2.45) is 0 Å². The first-order chi connectivity index (χ1) is 10.5. The zero-order chi connectivity index (χ0) is 17.7. The molecule has 0 saturated heterocycles. The van der Waals surface area contributed by atoms with E-state index in [-0.39, 0.29) is 0 Å². The number of nitrogens with one attached hydrogen (secondary N) is 2. The Labute approximate surface area is 151 Å². The Kier molecular flexibility index (Phi) is 7.41. The number of carbonyl (C=O) groups excluding carboxylic acids is 1. The molecule has 1 aromatic rings. The fourth-order valence-electron chi connectivity index (χ4n) is 1.62. The maximum atomic E-state index is 13.7. The molecule has 0 aliphatic rings. The Morgan fingerprint density at radius 3 is 2.39 bits per heavy atom. The predicted octanol–water partition coefficient (Wildman–Crippen LogP) is 4.46. The maximum Gasteiger partial charge on any atom is 0.407 e. The lowest BCUT2D eigenvalue weighted by molar-refractivity contribution is -0.00376. The number of amides is 1. The van der Waals surface area contributed by atoms with Crippen LogP contribution in [0.25, 0.3) is 0 Å². The van der Waals surface area contributed by atoms with Crippen molar-refractivity contribution in [3.05, 3.63) is 32.7 Å². The van der Waals surface area contributed by atoms with Crippen molar-refractivity contribution in [1.29, 1.82) is 0 Å². The third-order valence-corrected chi connectivity index (χ3v) is 4.47. The highest BCUT2D eigenvalue weighted by molar-refractivity contribution is 9.13. The van der Waals surface area contributed by atoms with Crippen LogP contribution in [0.3, 0.4) is 0 Å². The second-order valence-electron chi connectivity index (χ2n) is 6.06. The zero-order valence-electron chi connectivity index (χ0n) is 13.2. The second kappa shape index (κ2) is 8.39. The molecular weight excluding hydrogens is 438 g/mol. The molecule has 0 radical (unpaired) electrons. The summed E-state index contributed by atoms with van der Waals surface area (Å²) in [4.78, 5) is 11.4. The molecule has 0 aliphatic carbocycles. The summed E-state index contributed by atoms with van der Waals surface area (Å²) < 4.78 is 34.1. The van der Waals surface area contributed by atoms with Gasteiger partial charge in [0, 0.05) is 15.5 Å². The van der Waals surface area contributed by atoms with Crippen molar-refractivity contribution in [2.75, 3.05) is 13.1 Å². The monoisotopic (exact) mass is 456 g/mol. The van der Waals surface area contributed by atoms with Crippen LogP contribution in [0.1, 0.15) is 26.3 Å². The van der Waals surface area contributed by atoms with Crippen molar-refractivity contribution < 1.29 is 18.3 Å². The number of halogens is 4. The molecule has 8 heteroatoms. The third kappa shape index (κ3) is 8.62. The van der Waals surface area contributed by atoms with E-state index in [1.165, 1.54) is 0 Å². The van der Waals surface area contributed by atoms with Gasteiger partial charge in [-0.15, -0.1) is 0 Å². The van der Waals surface area contributed by atoms with Crippen LogP contribution in [0.15, 0.2) is 27.1 Å². The topological polar surface area (TPSA) is 50.4 Å². The number of alkyl halides is 2. The molecule has 0 fully saturated rings. The van der Waals surface area contributed by atoms with E-state index in [0.717, 1.165) is 14.5 Å². The average molecular weight is 458 g/mol. The van der Waals surface area contributed by atoms with Gasteiger partial charge in [0.1, 0.15) is 5.60 Å². The van der Waals surface area contributed by atoms with E-state index in [0.29, 0.717) is 6.54 Å². The summed E-state index contributed by atoms with van der Waals surface area (Å²) in [5.41, 5.74) is 0.156. The quantitative estimate of drug-likeness (QED) is 0.662. The molecule has 0 heterocycles. The summed E-state index contributed by atoms with van der Waals surface area (Å²) in [5, 5.41) is 4.76. The molecular formula is C15H20Br2F2N2O2. The summed E-state index contributed by atoms with van der Waals surface area (Å²) in [6.45, 7) is 3.98. The van der Waals surface area contributed by atoms with Crippen LogP contribution >= 0.6 is 31.9 Å². The molecule has 2 N–H and O–H groups in total. The van der Waals surface area contributed by atoms with E-state index >= 15 is 0 Å². The van der Waals surface area contributed by atoms with E-state index in [1.807, 2.05) is 18.2 Å². The highest BCUT2D eigenvalue weighted by Gasteiger charge is 2.30. The predicted molar refractivity (Wildman–Crippen MR) is 92.7 cm³/mol. The van der Waals surface area contributed by atoms with Crippen LogP contribution in [-0.4, -0.2) is 30.7 Å². The van der Waals surface area contributed by atoms with Crippen LogP contribution < -0.4 is 10.6 Å². The summed E-state index contributed by atoms with van der Waals surface area (Å²) in [7, 11) is 0. The van der Waals surface area contributed by atoms with Gasteiger partial charge in [-0.1, -0.05) is 6.07 Å². The lowest BCUT2D eigenvalue weighted by atomic mass is 10.2. The largest absolute Gasteiger partial charge is 0.444 e. The number of hydrogen-bond acceptors (Lipinski definition) is 3. The van der Waals surface area contributed by atoms with E-state index in [9.17, 15) is 13.6 Å². The van der Waals surface area contributed by atoms with Gasteiger partial charge in [0.05, 0.1) is 13.1 Å². The van der Waals surface area contributed by atoms with Gasteiger partial charge in [-0.2, -0.15) is 0 Å². The molecule has 0 aromatic heterocycles. The van der Waals surface area contributed by atoms with Crippen LogP contribution in [0.5, 0.6) is 0 Å². The molecule has 0 spiro atoms. The minimum absolute atomic E-state index is 0.300. The molecule has 0 atom stereocenters. The Morgan fingerprint density at radius 1 is 1.17 bits per heavy atom. The summed E-state index contributed by atoms with van der Waals surface area (Å²) in [6.07, 6.45) is -0.853. The Balaban J connectivity index is 2.37. The zero-order valence-corrected chi connectivity index (χ0v) is 16.4. The van der Waals surface area contributed by atoms with Crippen LogP contribution in [0.2, 0.25) is 0 Å². The summed E-state index contributed by atoms with van der Waals surface area (Å²) in [6, 6.07) is 5.51. The van der Waals surface area contributed by atoms with E-state index in [2.05, 4.69) is 42.5 Å². The lowest BCUT2D eigenvalue weighted by Gasteiger charge is -2.22. The molecule has 1 rings (SSSR count).